The third-order valence-corrected chi connectivity index (χ3v) is 2.05. The minimum atomic E-state index is -0.314. The van der Waals surface area contributed by atoms with E-state index < -0.39 is 0 Å². The summed E-state index contributed by atoms with van der Waals surface area (Å²) in [5.74, 6) is 1.20. The van der Waals surface area contributed by atoms with Gasteiger partial charge in [0.05, 0.1) is 12.3 Å². The Morgan fingerprint density at radius 2 is 2.06 bits per heavy atom. The number of nitrogens with one attached hydrogen (secondary N) is 1. The summed E-state index contributed by atoms with van der Waals surface area (Å²) in [6.45, 7) is 9.93. The number of ether oxygens (including phenoxy) is 2. The van der Waals surface area contributed by atoms with Gasteiger partial charge in [0.25, 0.3) is 0 Å². The molecule has 3 N–H and O–H groups in total. The van der Waals surface area contributed by atoms with E-state index in [1.807, 2.05) is 33.8 Å². The van der Waals surface area contributed by atoms with Crippen LogP contribution < -0.4 is 15.8 Å². The number of nitrogens with two attached hydrogens (primary N) is 1. The van der Waals surface area contributed by atoms with Crippen LogP contribution in [0.15, 0.2) is 12.1 Å². The van der Waals surface area contributed by atoms with Crippen LogP contribution in [0.2, 0.25) is 0 Å². The molecular formula is C13H23N3O2. The highest BCUT2D eigenvalue weighted by atomic mass is 16.5. The Bertz CT molecular complexity index is 375. The number of nitrogen functional groups attached to an aromatic ring is 1. The minimum absolute atomic E-state index is 0.314. The standard InChI is InChI=1S/C13H23N3O2/c1-5-17-9-8-15-11-7-6-10(14)12(16-11)18-13(2,3)4/h6-7H,5,8-9,14H2,1-4H3,(H,15,16). The van der Waals surface area contributed by atoms with Gasteiger partial charge in [0.15, 0.2) is 0 Å². The summed E-state index contributed by atoms with van der Waals surface area (Å²) < 4.78 is 10.9. The molecule has 0 aromatic carbocycles. The van der Waals surface area contributed by atoms with Crippen LogP contribution in [0.25, 0.3) is 0 Å². The average Bonchev–Trinajstić information content (AvgIpc) is 2.27. The monoisotopic (exact) mass is 253 g/mol. The smallest absolute Gasteiger partial charge is 0.239 e. The van der Waals surface area contributed by atoms with Crippen molar-refractivity contribution in [2.75, 3.05) is 30.8 Å². The van der Waals surface area contributed by atoms with Crippen molar-refractivity contribution >= 4 is 11.5 Å². The molecule has 1 rings (SSSR count). The fraction of sp³-hybridized carbons (Fsp3) is 0.615. The van der Waals surface area contributed by atoms with Crippen LogP contribution in [0.1, 0.15) is 27.7 Å². The van der Waals surface area contributed by atoms with Crippen molar-refractivity contribution in [1.82, 2.24) is 4.98 Å². The molecule has 1 heterocycles. The molecule has 0 bridgehead atoms. The van der Waals surface area contributed by atoms with Gasteiger partial charge in [0, 0.05) is 13.2 Å². The SMILES string of the molecule is CCOCCNc1ccc(N)c(OC(C)(C)C)n1. The maximum atomic E-state index is 5.83. The molecule has 1 aromatic rings. The Labute approximate surface area is 109 Å². The fourth-order valence-corrected chi connectivity index (χ4v) is 1.32. The number of aromatic nitrogens is 1. The predicted molar refractivity (Wildman–Crippen MR) is 74.0 cm³/mol. The van der Waals surface area contributed by atoms with E-state index in [0.29, 0.717) is 24.7 Å². The summed E-state index contributed by atoms with van der Waals surface area (Å²) in [7, 11) is 0. The molecule has 0 aliphatic rings. The lowest BCUT2D eigenvalue weighted by atomic mass is 10.2. The van der Waals surface area contributed by atoms with Crippen molar-refractivity contribution < 1.29 is 9.47 Å². The minimum Gasteiger partial charge on any atom is -0.470 e. The molecule has 0 radical (unpaired) electrons. The lowest BCUT2D eigenvalue weighted by Crippen LogP contribution is -2.24. The Hall–Kier alpha value is -1.49. The van der Waals surface area contributed by atoms with Gasteiger partial charge >= 0.3 is 0 Å². The maximum Gasteiger partial charge on any atom is 0.239 e. The Kier molecular flexibility index (Phi) is 5.22. The van der Waals surface area contributed by atoms with Crippen LogP contribution in [0, 0.1) is 0 Å². The average molecular weight is 253 g/mol. The quantitative estimate of drug-likeness (QED) is 0.761. The summed E-state index contributed by atoms with van der Waals surface area (Å²) >= 11 is 0. The zero-order valence-corrected chi connectivity index (χ0v) is 11.6. The summed E-state index contributed by atoms with van der Waals surface area (Å²) in [4.78, 5) is 4.34. The molecule has 0 saturated carbocycles. The van der Waals surface area contributed by atoms with Gasteiger partial charge in [-0.1, -0.05) is 0 Å². The van der Waals surface area contributed by atoms with Crippen LogP contribution in [-0.2, 0) is 4.74 Å². The van der Waals surface area contributed by atoms with Crippen molar-refractivity contribution in [3.8, 4) is 5.88 Å². The van der Waals surface area contributed by atoms with Crippen LogP contribution in [0.4, 0.5) is 11.5 Å². The van der Waals surface area contributed by atoms with E-state index in [1.165, 1.54) is 0 Å². The van der Waals surface area contributed by atoms with E-state index in [2.05, 4.69) is 10.3 Å². The van der Waals surface area contributed by atoms with Gasteiger partial charge in [0.2, 0.25) is 5.88 Å². The normalized spacial score (nSPS) is 11.3. The van der Waals surface area contributed by atoms with Crippen molar-refractivity contribution in [3.63, 3.8) is 0 Å². The molecule has 0 spiro atoms. The second-order valence-corrected chi connectivity index (χ2v) is 4.93. The molecular weight excluding hydrogens is 230 g/mol. The third kappa shape index (κ3) is 5.23. The summed E-state index contributed by atoms with van der Waals surface area (Å²) in [6, 6.07) is 3.62. The number of hydrogen-bond donors (Lipinski definition) is 2. The van der Waals surface area contributed by atoms with Gasteiger partial charge in [-0.3, -0.25) is 0 Å². The first-order chi connectivity index (χ1) is 8.42. The van der Waals surface area contributed by atoms with Crippen molar-refractivity contribution in [1.29, 1.82) is 0 Å². The molecule has 5 nitrogen and oxygen atoms in total. The first kappa shape index (κ1) is 14.6. The molecule has 0 fully saturated rings. The molecule has 102 valence electrons. The van der Waals surface area contributed by atoms with E-state index in [4.69, 9.17) is 15.2 Å². The lowest BCUT2D eigenvalue weighted by Gasteiger charge is -2.21. The molecule has 0 saturated heterocycles. The van der Waals surface area contributed by atoms with E-state index in [9.17, 15) is 0 Å². The second-order valence-electron chi connectivity index (χ2n) is 4.93. The molecule has 0 aliphatic carbocycles. The maximum absolute atomic E-state index is 5.83. The van der Waals surface area contributed by atoms with Gasteiger partial charge in [-0.25, -0.2) is 0 Å². The van der Waals surface area contributed by atoms with Gasteiger partial charge in [0.1, 0.15) is 11.4 Å². The lowest BCUT2D eigenvalue weighted by molar-refractivity contribution is 0.125. The van der Waals surface area contributed by atoms with Crippen LogP contribution in [-0.4, -0.2) is 30.3 Å². The molecule has 1 aromatic heterocycles. The molecule has 0 atom stereocenters. The fourth-order valence-electron chi connectivity index (χ4n) is 1.32. The molecule has 0 amide bonds. The summed E-state index contributed by atoms with van der Waals surface area (Å²) in [5, 5.41) is 3.16. The Morgan fingerprint density at radius 3 is 2.67 bits per heavy atom. The first-order valence-corrected chi connectivity index (χ1v) is 6.19. The highest BCUT2D eigenvalue weighted by molar-refractivity contribution is 5.53. The van der Waals surface area contributed by atoms with Gasteiger partial charge in [-0.15, -0.1) is 0 Å². The number of nitrogens with zero attached hydrogens (tertiary/aromatic N) is 1. The van der Waals surface area contributed by atoms with Crippen LogP contribution >= 0.6 is 0 Å². The van der Waals surface area contributed by atoms with Gasteiger partial charge in [-0.2, -0.15) is 4.98 Å². The van der Waals surface area contributed by atoms with Crippen molar-refractivity contribution in [3.05, 3.63) is 12.1 Å². The summed E-state index contributed by atoms with van der Waals surface area (Å²) in [5.41, 5.74) is 6.06. The van der Waals surface area contributed by atoms with E-state index >= 15 is 0 Å². The highest BCUT2D eigenvalue weighted by Crippen LogP contribution is 2.24. The number of hydrogen-bond acceptors (Lipinski definition) is 5. The van der Waals surface area contributed by atoms with E-state index in [0.717, 1.165) is 12.4 Å². The van der Waals surface area contributed by atoms with Gasteiger partial charge in [-0.05, 0) is 39.8 Å². The molecule has 0 unspecified atom stereocenters. The zero-order chi connectivity index (χ0) is 13.6. The van der Waals surface area contributed by atoms with Crippen molar-refractivity contribution in [2.24, 2.45) is 0 Å². The van der Waals surface area contributed by atoms with Crippen molar-refractivity contribution in [2.45, 2.75) is 33.3 Å². The van der Waals surface area contributed by atoms with E-state index in [-0.39, 0.29) is 5.60 Å². The Morgan fingerprint density at radius 1 is 1.33 bits per heavy atom. The first-order valence-electron chi connectivity index (χ1n) is 6.19. The van der Waals surface area contributed by atoms with Crippen LogP contribution in [0.5, 0.6) is 5.88 Å². The molecule has 18 heavy (non-hydrogen) atoms. The number of anilines is 2. The van der Waals surface area contributed by atoms with E-state index in [1.54, 1.807) is 6.07 Å². The number of rotatable bonds is 6. The molecule has 5 heteroatoms. The predicted octanol–water partition coefficient (Wildman–Crippen LogP) is 2.29. The van der Waals surface area contributed by atoms with Gasteiger partial charge < -0.3 is 20.5 Å². The second kappa shape index (κ2) is 6.44. The number of pyridine rings is 1. The Balaban J connectivity index is 2.63. The zero-order valence-electron chi connectivity index (χ0n) is 11.6. The topological polar surface area (TPSA) is 69.4 Å². The highest BCUT2D eigenvalue weighted by Gasteiger charge is 2.15. The molecule has 0 aliphatic heterocycles. The third-order valence-electron chi connectivity index (χ3n) is 2.05. The van der Waals surface area contributed by atoms with Crippen LogP contribution in [0.3, 0.4) is 0 Å². The summed E-state index contributed by atoms with van der Waals surface area (Å²) in [6.07, 6.45) is 0. The largest absolute Gasteiger partial charge is 0.470 e.